The Morgan fingerprint density at radius 3 is 2.30 bits per heavy atom. The van der Waals surface area contributed by atoms with Gasteiger partial charge in [0.25, 0.3) is 0 Å². The third kappa shape index (κ3) is 3.48. The van der Waals surface area contributed by atoms with Crippen molar-refractivity contribution in [2.75, 3.05) is 7.05 Å². The summed E-state index contributed by atoms with van der Waals surface area (Å²) in [6.07, 6.45) is 0. The average Bonchev–Trinajstić information content (AvgIpc) is 2.86. The van der Waals surface area contributed by atoms with Gasteiger partial charge in [-0.15, -0.1) is 10.2 Å². The molecular formula is C15H23N3O2. The zero-order chi connectivity index (χ0) is 14.9. The fourth-order valence-corrected chi connectivity index (χ4v) is 2.03. The largest absolute Gasteiger partial charge is 0.465 e. The van der Waals surface area contributed by atoms with E-state index in [-0.39, 0.29) is 5.41 Å². The molecule has 2 aromatic rings. The van der Waals surface area contributed by atoms with Crippen LogP contribution in [0.5, 0.6) is 0 Å². The minimum atomic E-state index is 0.0329. The lowest BCUT2D eigenvalue weighted by molar-refractivity contribution is 0.277. The molecule has 0 saturated carbocycles. The molecule has 5 heteroatoms. The summed E-state index contributed by atoms with van der Waals surface area (Å²) in [6.45, 7) is 11.7. The number of hydrogen-bond acceptors (Lipinski definition) is 5. The number of hydrogen-bond donors (Lipinski definition) is 0. The van der Waals surface area contributed by atoms with Gasteiger partial charge in [-0.2, -0.15) is 0 Å². The lowest BCUT2D eigenvalue weighted by Gasteiger charge is -2.14. The molecule has 0 N–H and O–H groups in total. The van der Waals surface area contributed by atoms with Gasteiger partial charge < -0.3 is 8.83 Å². The molecule has 2 aromatic heterocycles. The minimum absolute atomic E-state index is 0.0329. The molecule has 0 atom stereocenters. The van der Waals surface area contributed by atoms with E-state index in [4.69, 9.17) is 8.83 Å². The maximum absolute atomic E-state index is 5.86. The Morgan fingerprint density at radius 1 is 1.10 bits per heavy atom. The quantitative estimate of drug-likeness (QED) is 0.859. The summed E-state index contributed by atoms with van der Waals surface area (Å²) in [5.41, 5.74) is 1.24. The molecule has 2 rings (SSSR count). The van der Waals surface area contributed by atoms with Gasteiger partial charge in [0.2, 0.25) is 11.8 Å². The lowest BCUT2D eigenvalue weighted by Crippen LogP contribution is -2.17. The number of rotatable bonds is 4. The normalized spacial score (nSPS) is 12.3. The van der Waals surface area contributed by atoms with Crippen LogP contribution in [-0.2, 0) is 18.5 Å². The molecule has 0 unspecified atom stereocenters. The van der Waals surface area contributed by atoms with E-state index < -0.39 is 0 Å². The Morgan fingerprint density at radius 2 is 1.80 bits per heavy atom. The fourth-order valence-electron chi connectivity index (χ4n) is 2.03. The van der Waals surface area contributed by atoms with E-state index >= 15 is 0 Å². The van der Waals surface area contributed by atoms with Gasteiger partial charge in [0.1, 0.15) is 11.5 Å². The summed E-state index contributed by atoms with van der Waals surface area (Å²) in [6, 6.07) is 2.14. The topological polar surface area (TPSA) is 55.3 Å². The molecule has 0 radical (unpaired) electrons. The van der Waals surface area contributed by atoms with E-state index in [9.17, 15) is 0 Å². The van der Waals surface area contributed by atoms with Crippen molar-refractivity contribution in [2.45, 2.75) is 53.1 Å². The van der Waals surface area contributed by atoms with Crippen LogP contribution in [-0.4, -0.2) is 22.1 Å². The van der Waals surface area contributed by atoms with E-state index in [2.05, 4.69) is 41.9 Å². The Hall–Kier alpha value is -1.62. The second kappa shape index (κ2) is 5.40. The highest BCUT2D eigenvalue weighted by Gasteiger charge is 2.20. The molecule has 0 fully saturated rings. The second-order valence-corrected chi connectivity index (χ2v) is 6.33. The van der Waals surface area contributed by atoms with Gasteiger partial charge in [0.15, 0.2) is 0 Å². The van der Waals surface area contributed by atoms with Crippen LogP contribution < -0.4 is 0 Å². The van der Waals surface area contributed by atoms with Gasteiger partial charge in [-0.25, -0.2) is 0 Å². The molecular weight excluding hydrogens is 254 g/mol. The SMILES string of the molecule is Cc1nnc(CN(C)Cc2cc(C(C)(C)C)oc2C)o1. The molecule has 0 saturated heterocycles. The van der Waals surface area contributed by atoms with Crippen LogP contribution in [0.3, 0.4) is 0 Å². The first-order chi connectivity index (χ1) is 9.25. The molecule has 0 amide bonds. The predicted molar refractivity (Wildman–Crippen MR) is 76.4 cm³/mol. The van der Waals surface area contributed by atoms with Crippen molar-refractivity contribution in [3.63, 3.8) is 0 Å². The summed E-state index contributed by atoms with van der Waals surface area (Å²) >= 11 is 0. The van der Waals surface area contributed by atoms with Crippen LogP contribution in [0.25, 0.3) is 0 Å². The first-order valence-corrected chi connectivity index (χ1v) is 6.83. The maximum Gasteiger partial charge on any atom is 0.230 e. The van der Waals surface area contributed by atoms with Crippen molar-refractivity contribution in [1.29, 1.82) is 0 Å². The standard InChI is InChI=1S/C15H23N3O2/c1-10-12(7-13(19-10)15(3,4)5)8-18(6)9-14-17-16-11(2)20-14/h7H,8-9H2,1-6H3. The van der Waals surface area contributed by atoms with Gasteiger partial charge in [-0.3, -0.25) is 4.90 Å². The van der Waals surface area contributed by atoms with Crippen molar-refractivity contribution in [1.82, 2.24) is 15.1 Å². The van der Waals surface area contributed by atoms with Crippen molar-refractivity contribution < 1.29 is 8.83 Å². The second-order valence-electron chi connectivity index (χ2n) is 6.33. The van der Waals surface area contributed by atoms with Crippen LogP contribution >= 0.6 is 0 Å². The fraction of sp³-hybridized carbons (Fsp3) is 0.600. The van der Waals surface area contributed by atoms with Gasteiger partial charge >= 0.3 is 0 Å². The zero-order valence-electron chi connectivity index (χ0n) is 13.1. The highest BCUT2D eigenvalue weighted by atomic mass is 16.4. The van der Waals surface area contributed by atoms with E-state index in [1.165, 1.54) is 5.56 Å². The molecule has 20 heavy (non-hydrogen) atoms. The summed E-state index contributed by atoms with van der Waals surface area (Å²) in [5, 5.41) is 7.85. The molecule has 0 aromatic carbocycles. The van der Waals surface area contributed by atoms with Crippen molar-refractivity contribution >= 4 is 0 Å². The molecule has 0 bridgehead atoms. The Bertz CT molecular complexity index is 578. The number of nitrogens with zero attached hydrogens (tertiary/aromatic N) is 3. The van der Waals surface area contributed by atoms with Gasteiger partial charge in [-0.05, 0) is 20.0 Å². The van der Waals surface area contributed by atoms with E-state index in [0.717, 1.165) is 18.1 Å². The number of aryl methyl sites for hydroxylation is 2. The predicted octanol–water partition coefficient (Wildman–Crippen LogP) is 3.21. The van der Waals surface area contributed by atoms with Crippen LogP contribution in [0.4, 0.5) is 0 Å². The molecule has 0 aliphatic carbocycles. The van der Waals surface area contributed by atoms with E-state index in [1.807, 2.05) is 14.0 Å². The van der Waals surface area contributed by atoms with Crippen LogP contribution in [0.2, 0.25) is 0 Å². The Labute approximate surface area is 120 Å². The highest BCUT2D eigenvalue weighted by molar-refractivity contribution is 5.24. The lowest BCUT2D eigenvalue weighted by atomic mass is 9.93. The van der Waals surface area contributed by atoms with Crippen molar-refractivity contribution in [3.05, 3.63) is 34.9 Å². The van der Waals surface area contributed by atoms with Crippen LogP contribution in [0.15, 0.2) is 14.9 Å². The molecule has 0 aliphatic rings. The summed E-state index contributed by atoms with van der Waals surface area (Å²) in [4.78, 5) is 2.14. The first kappa shape index (κ1) is 14.8. The third-order valence-corrected chi connectivity index (χ3v) is 3.17. The summed E-state index contributed by atoms with van der Waals surface area (Å²) < 4.78 is 11.3. The first-order valence-electron chi connectivity index (χ1n) is 6.83. The smallest absolute Gasteiger partial charge is 0.230 e. The van der Waals surface area contributed by atoms with Crippen molar-refractivity contribution in [3.8, 4) is 0 Å². The van der Waals surface area contributed by atoms with Gasteiger partial charge in [0.05, 0.1) is 6.54 Å². The Kier molecular flexibility index (Phi) is 3.99. The van der Waals surface area contributed by atoms with E-state index in [1.54, 1.807) is 6.92 Å². The third-order valence-electron chi connectivity index (χ3n) is 3.17. The number of aromatic nitrogens is 2. The minimum Gasteiger partial charge on any atom is -0.465 e. The monoisotopic (exact) mass is 277 g/mol. The molecule has 2 heterocycles. The highest BCUT2D eigenvalue weighted by Crippen LogP contribution is 2.27. The molecule has 110 valence electrons. The van der Waals surface area contributed by atoms with Gasteiger partial charge in [0, 0.05) is 24.4 Å². The summed E-state index contributed by atoms with van der Waals surface area (Å²) in [5.74, 6) is 3.24. The maximum atomic E-state index is 5.86. The van der Waals surface area contributed by atoms with Crippen LogP contribution in [0, 0.1) is 13.8 Å². The Balaban J connectivity index is 2.04. The summed E-state index contributed by atoms with van der Waals surface area (Å²) in [7, 11) is 2.03. The van der Waals surface area contributed by atoms with Gasteiger partial charge in [-0.1, -0.05) is 20.8 Å². The van der Waals surface area contributed by atoms with Crippen LogP contribution in [0.1, 0.15) is 49.6 Å². The zero-order valence-corrected chi connectivity index (χ0v) is 13.1. The van der Waals surface area contributed by atoms with Crippen molar-refractivity contribution in [2.24, 2.45) is 0 Å². The average molecular weight is 277 g/mol. The molecule has 5 nitrogen and oxygen atoms in total. The molecule has 0 spiro atoms. The molecule has 0 aliphatic heterocycles. The van der Waals surface area contributed by atoms with E-state index in [0.29, 0.717) is 18.3 Å². The number of furan rings is 1.